The van der Waals surface area contributed by atoms with Crippen molar-refractivity contribution in [2.75, 3.05) is 28.4 Å². The predicted octanol–water partition coefficient (Wildman–Crippen LogP) is 7.16. The third kappa shape index (κ3) is 7.59. The molecule has 0 fully saturated rings. The Morgan fingerprint density at radius 3 is 1.11 bits per heavy atom. The average Bonchev–Trinajstić information content (AvgIpc) is 3.08. The van der Waals surface area contributed by atoms with Gasteiger partial charge in [-0.05, 0) is 47.5 Å². The molecule has 0 saturated heterocycles. The van der Waals surface area contributed by atoms with Crippen LogP contribution in [-0.2, 0) is 9.84 Å². The molecule has 12 nitrogen and oxygen atoms in total. The Bertz CT molecular complexity index is 1730. The van der Waals surface area contributed by atoms with Gasteiger partial charge in [-0.15, -0.1) is 0 Å². The van der Waals surface area contributed by atoms with E-state index in [4.69, 9.17) is 18.9 Å². The predicted molar refractivity (Wildman–Crippen MR) is 178 cm³/mol. The summed E-state index contributed by atoms with van der Waals surface area (Å²) >= 11 is 0. The molecule has 0 aliphatic heterocycles. The van der Waals surface area contributed by atoms with Crippen LogP contribution in [0.5, 0.6) is 23.0 Å². The summed E-state index contributed by atoms with van der Waals surface area (Å²) in [5.74, 6) is 1.71. The van der Waals surface area contributed by atoms with Gasteiger partial charge in [0.05, 0.1) is 49.4 Å². The maximum absolute atomic E-state index is 14.8. The molecule has 4 rings (SSSR count). The number of hydrogen-bond acceptors (Lipinski definition) is 10. The molecule has 0 spiro atoms. The third-order valence-electron chi connectivity index (χ3n) is 7.38. The SMILES string of the molecule is COc1cccc(OC)c1/C=C/C(c1ccc([N+](=O)[O-])cc1)S(=O)(=O)C(/C=C/c1c(OC)cccc1OC)c1ccc([N+](=O)[O-])cc1. The van der Waals surface area contributed by atoms with E-state index in [0.717, 1.165) is 0 Å². The molecule has 13 heteroatoms. The molecule has 0 aromatic heterocycles. The van der Waals surface area contributed by atoms with Crippen LogP contribution >= 0.6 is 0 Å². The summed E-state index contributed by atoms with van der Waals surface area (Å²) < 4.78 is 51.6. The Morgan fingerprint density at radius 1 is 0.553 bits per heavy atom. The highest BCUT2D eigenvalue weighted by atomic mass is 32.2. The van der Waals surface area contributed by atoms with Gasteiger partial charge in [-0.3, -0.25) is 20.2 Å². The summed E-state index contributed by atoms with van der Waals surface area (Å²) in [7, 11) is 1.55. The lowest BCUT2D eigenvalue weighted by molar-refractivity contribution is -0.385. The van der Waals surface area contributed by atoms with Crippen LogP contribution in [0.2, 0.25) is 0 Å². The molecule has 0 saturated carbocycles. The standard InChI is InChI=1S/C34H32N2O10S/c1-43-29-7-5-8-30(44-2)27(29)19-21-33(23-11-15-25(16-12-23)35(37)38)47(41,42)34(24-13-17-26(18-14-24)36(39)40)22-20-28-31(45-3)9-6-10-32(28)46-4/h5-22,33-34H,1-4H3/b21-19+,22-20+. The van der Waals surface area contributed by atoms with Crippen LogP contribution in [0, 0.1) is 20.2 Å². The summed E-state index contributed by atoms with van der Waals surface area (Å²) in [6.45, 7) is 0. The van der Waals surface area contributed by atoms with E-state index in [0.29, 0.717) is 34.1 Å². The number of nitro benzene ring substituents is 2. The van der Waals surface area contributed by atoms with Gasteiger partial charge < -0.3 is 18.9 Å². The smallest absolute Gasteiger partial charge is 0.269 e. The van der Waals surface area contributed by atoms with E-state index >= 15 is 0 Å². The first-order valence-electron chi connectivity index (χ1n) is 14.1. The number of sulfone groups is 1. The lowest BCUT2D eigenvalue weighted by Crippen LogP contribution is -2.19. The Kier molecular flexibility index (Phi) is 11.0. The van der Waals surface area contributed by atoms with E-state index in [1.807, 2.05) is 0 Å². The van der Waals surface area contributed by atoms with Gasteiger partial charge >= 0.3 is 0 Å². The number of nitro groups is 2. The molecule has 244 valence electrons. The molecule has 0 aliphatic rings. The maximum Gasteiger partial charge on any atom is 0.269 e. The molecule has 4 aromatic rings. The van der Waals surface area contributed by atoms with Crippen LogP contribution in [0.3, 0.4) is 0 Å². The first-order chi connectivity index (χ1) is 22.5. The van der Waals surface area contributed by atoms with Gasteiger partial charge in [-0.1, -0.05) is 48.6 Å². The van der Waals surface area contributed by atoms with Crippen molar-refractivity contribution in [3.8, 4) is 23.0 Å². The van der Waals surface area contributed by atoms with Crippen LogP contribution < -0.4 is 18.9 Å². The number of non-ortho nitro benzene ring substituents is 2. The third-order valence-corrected chi connectivity index (χ3v) is 9.65. The van der Waals surface area contributed by atoms with Crippen molar-refractivity contribution in [3.05, 3.63) is 140 Å². The van der Waals surface area contributed by atoms with Gasteiger partial charge in [0.2, 0.25) is 0 Å². The Hall–Kier alpha value is -5.69. The number of benzene rings is 4. The maximum atomic E-state index is 14.8. The first kappa shape index (κ1) is 34.2. The van der Waals surface area contributed by atoms with E-state index in [1.165, 1.54) is 89.1 Å². The summed E-state index contributed by atoms with van der Waals surface area (Å²) in [6, 6.07) is 20.7. The zero-order chi connectivity index (χ0) is 34.1. The van der Waals surface area contributed by atoms with Crippen LogP contribution in [0.4, 0.5) is 11.4 Å². The lowest BCUT2D eigenvalue weighted by Gasteiger charge is -2.22. The average molecular weight is 661 g/mol. The molecular weight excluding hydrogens is 628 g/mol. The van der Waals surface area contributed by atoms with Gasteiger partial charge in [0.1, 0.15) is 33.5 Å². The molecule has 0 aliphatic carbocycles. The van der Waals surface area contributed by atoms with E-state index in [-0.39, 0.29) is 22.5 Å². The molecule has 4 aromatic carbocycles. The van der Waals surface area contributed by atoms with Crippen molar-refractivity contribution in [3.63, 3.8) is 0 Å². The van der Waals surface area contributed by atoms with Crippen molar-refractivity contribution in [1.29, 1.82) is 0 Å². The minimum atomic E-state index is -4.33. The molecule has 0 heterocycles. The lowest BCUT2D eigenvalue weighted by atomic mass is 10.1. The van der Waals surface area contributed by atoms with Gasteiger partial charge in [-0.2, -0.15) is 0 Å². The normalized spacial score (nSPS) is 12.9. The van der Waals surface area contributed by atoms with Crippen molar-refractivity contribution in [1.82, 2.24) is 0 Å². The van der Waals surface area contributed by atoms with Gasteiger partial charge in [0, 0.05) is 24.3 Å². The summed E-state index contributed by atoms with van der Waals surface area (Å²) in [6.07, 6.45) is 6.02. The summed E-state index contributed by atoms with van der Waals surface area (Å²) in [4.78, 5) is 21.6. The highest BCUT2D eigenvalue weighted by Crippen LogP contribution is 2.40. The van der Waals surface area contributed by atoms with Crippen molar-refractivity contribution < 1.29 is 37.2 Å². The molecule has 2 unspecified atom stereocenters. The molecule has 0 N–H and O–H groups in total. The molecule has 0 bridgehead atoms. The van der Waals surface area contributed by atoms with Gasteiger partial charge in [-0.25, -0.2) is 8.42 Å². The van der Waals surface area contributed by atoms with E-state index < -0.39 is 30.2 Å². The molecular formula is C34H32N2O10S. The fraction of sp³-hybridized carbons (Fsp3) is 0.176. The topological polar surface area (TPSA) is 157 Å². The first-order valence-corrected chi connectivity index (χ1v) is 15.7. The zero-order valence-electron chi connectivity index (χ0n) is 25.9. The second-order valence-electron chi connectivity index (χ2n) is 10.00. The fourth-order valence-electron chi connectivity index (χ4n) is 5.01. The monoisotopic (exact) mass is 660 g/mol. The highest BCUT2D eigenvalue weighted by Gasteiger charge is 2.34. The Balaban J connectivity index is 1.95. The zero-order valence-corrected chi connectivity index (χ0v) is 26.7. The second kappa shape index (κ2) is 15.1. The summed E-state index contributed by atoms with van der Waals surface area (Å²) in [5, 5.41) is 20.1. The number of methoxy groups -OCH3 is 4. The second-order valence-corrected chi connectivity index (χ2v) is 12.2. The van der Waals surface area contributed by atoms with Gasteiger partial charge in [0.25, 0.3) is 11.4 Å². The minimum Gasteiger partial charge on any atom is -0.496 e. The Morgan fingerprint density at radius 2 is 0.851 bits per heavy atom. The van der Waals surface area contributed by atoms with E-state index in [9.17, 15) is 28.6 Å². The van der Waals surface area contributed by atoms with Crippen LogP contribution in [0.1, 0.15) is 32.8 Å². The number of ether oxygens (including phenoxy) is 4. The van der Waals surface area contributed by atoms with Crippen molar-refractivity contribution in [2.24, 2.45) is 0 Å². The van der Waals surface area contributed by atoms with Crippen LogP contribution in [0.25, 0.3) is 12.2 Å². The fourth-order valence-corrected chi connectivity index (χ4v) is 6.99. The van der Waals surface area contributed by atoms with Crippen molar-refractivity contribution in [2.45, 2.75) is 10.5 Å². The van der Waals surface area contributed by atoms with Gasteiger partial charge in [0.15, 0.2) is 9.84 Å². The molecule has 0 amide bonds. The molecule has 2 atom stereocenters. The number of nitrogens with zero attached hydrogens (tertiary/aromatic N) is 2. The molecule has 0 radical (unpaired) electrons. The summed E-state index contributed by atoms with van der Waals surface area (Å²) in [5.41, 5.74) is 1.01. The number of rotatable bonds is 14. The van der Waals surface area contributed by atoms with Crippen molar-refractivity contribution >= 4 is 33.4 Å². The minimum absolute atomic E-state index is 0.213. The van der Waals surface area contributed by atoms with E-state index in [1.54, 1.807) is 48.6 Å². The van der Waals surface area contributed by atoms with Crippen LogP contribution in [0.15, 0.2) is 97.1 Å². The highest BCUT2D eigenvalue weighted by molar-refractivity contribution is 7.92. The number of hydrogen-bond donors (Lipinski definition) is 0. The Labute approximate surface area is 271 Å². The van der Waals surface area contributed by atoms with Crippen LogP contribution in [-0.4, -0.2) is 46.7 Å². The molecule has 47 heavy (non-hydrogen) atoms. The largest absolute Gasteiger partial charge is 0.496 e. The van der Waals surface area contributed by atoms with E-state index in [2.05, 4.69) is 0 Å². The quantitative estimate of drug-likeness (QED) is 0.100.